The van der Waals surface area contributed by atoms with Crippen molar-refractivity contribution in [3.8, 4) is 0 Å². The maximum absolute atomic E-state index is 11.9. The summed E-state index contributed by atoms with van der Waals surface area (Å²) in [7, 11) is 0. The molecule has 1 aliphatic heterocycles. The number of nitrogens with one attached hydrogen (secondary N) is 1. The lowest BCUT2D eigenvalue weighted by atomic mass is 10.00. The Labute approximate surface area is 137 Å². The van der Waals surface area contributed by atoms with Crippen LogP contribution in [-0.4, -0.2) is 61.2 Å². The van der Waals surface area contributed by atoms with E-state index in [1.807, 2.05) is 0 Å². The number of ether oxygens (including phenoxy) is 2. The first kappa shape index (κ1) is 19.0. The molecule has 1 heterocycles. The van der Waals surface area contributed by atoms with Crippen molar-refractivity contribution in [3.63, 3.8) is 0 Å². The zero-order valence-corrected chi connectivity index (χ0v) is 14.4. The van der Waals surface area contributed by atoms with Crippen LogP contribution in [0.4, 0.5) is 4.79 Å². The molecule has 1 aliphatic rings. The van der Waals surface area contributed by atoms with Crippen molar-refractivity contribution in [2.24, 2.45) is 5.92 Å². The first-order valence-corrected chi connectivity index (χ1v) is 8.23. The number of alkyl carbamates (subject to hydrolysis) is 1. The quantitative estimate of drug-likeness (QED) is 0.754. The molecule has 7 heteroatoms. The van der Waals surface area contributed by atoms with Crippen LogP contribution in [0.25, 0.3) is 0 Å². The van der Waals surface area contributed by atoms with Crippen molar-refractivity contribution in [1.29, 1.82) is 0 Å². The zero-order valence-electron chi connectivity index (χ0n) is 13.7. The highest BCUT2D eigenvalue weighted by atomic mass is 35.5. The Morgan fingerprint density at radius 3 is 2.50 bits per heavy atom. The van der Waals surface area contributed by atoms with Crippen LogP contribution in [-0.2, 0) is 14.3 Å². The minimum absolute atomic E-state index is 0.0460. The summed E-state index contributed by atoms with van der Waals surface area (Å²) in [5, 5.41) is 2.66. The van der Waals surface area contributed by atoms with E-state index in [9.17, 15) is 9.59 Å². The van der Waals surface area contributed by atoms with E-state index in [0.29, 0.717) is 25.6 Å². The van der Waals surface area contributed by atoms with Gasteiger partial charge in [0.2, 0.25) is 5.91 Å². The van der Waals surface area contributed by atoms with Crippen LogP contribution >= 0.6 is 11.6 Å². The van der Waals surface area contributed by atoms with Gasteiger partial charge in [-0.3, -0.25) is 4.79 Å². The van der Waals surface area contributed by atoms with E-state index in [0.717, 1.165) is 26.1 Å². The number of carbonyl (C=O) groups is 2. The Kier molecular flexibility index (Phi) is 7.96. The van der Waals surface area contributed by atoms with Crippen LogP contribution in [0.3, 0.4) is 0 Å². The lowest BCUT2D eigenvalue weighted by molar-refractivity contribution is -0.129. The fourth-order valence-corrected chi connectivity index (χ4v) is 2.42. The topological polar surface area (TPSA) is 67.9 Å². The number of nitrogens with zero attached hydrogens (tertiary/aromatic N) is 1. The van der Waals surface area contributed by atoms with Crippen molar-refractivity contribution >= 4 is 23.6 Å². The fraction of sp³-hybridized carbons (Fsp3) is 0.867. The van der Waals surface area contributed by atoms with Gasteiger partial charge < -0.3 is 19.7 Å². The summed E-state index contributed by atoms with van der Waals surface area (Å²) in [6, 6.07) is 0. The average molecular weight is 335 g/mol. The molecule has 0 aromatic carbocycles. The minimum Gasteiger partial charge on any atom is -0.444 e. The molecule has 0 saturated carbocycles. The van der Waals surface area contributed by atoms with Crippen molar-refractivity contribution in [2.45, 2.75) is 39.2 Å². The number of hydrogen-bond donors (Lipinski definition) is 1. The molecule has 0 spiro atoms. The number of hydrogen-bond acceptors (Lipinski definition) is 4. The van der Waals surface area contributed by atoms with E-state index in [2.05, 4.69) is 5.32 Å². The van der Waals surface area contributed by atoms with Crippen LogP contribution in [0.15, 0.2) is 0 Å². The van der Waals surface area contributed by atoms with Crippen LogP contribution in [0.1, 0.15) is 33.6 Å². The summed E-state index contributed by atoms with van der Waals surface area (Å²) in [6.07, 6.45) is 1.42. The van der Waals surface area contributed by atoms with E-state index in [1.54, 1.807) is 25.7 Å². The Hall–Kier alpha value is -1.01. The molecule has 0 radical (unpaired) electrons. The molecule has 0 aromatic heterocycles. The van der Waals surface area contributed by atoms with E-state index in [4.69, 9.17) is 21.1 Å². The second kappa shape index (κ2) is 9.20. The standard InChI is InChI=1S/C15H27ClN2O4/c1-15(2,3)22-14(20)17-6-7-18(13(19)10-16)11-12-4-8-21-9-5-12/h12H,4-11H2,1-3H3,(H,17,20). The van der Waals surface area contributed by atoms with E-state index in [1.165, 1.54) is 0 Å². The molecule has 128 valence electrons. The van der Waals surface area contributed by atoms with Crippen molar-refractivity contribution in [2.75, 3.05) is 38.7 Å². The molecular weight excluding hydrogens is 308 g/mol. The molecular formula is C15H27ClN2O4. The van der Waals surface area contributed by atoms with Crippen LogP contribution < -0.4 is 5.32 Å². The molecule has 1 rings (SSSR count). The highest BCUT2D eigenvalue weighted by molar-refractivity contribution is 6.27. The first-order chi connectivity index (χ1) is 10.3. The van der Waals surface area contributed by atoms with Gasteiger partial charge in [-0.15, -0.1) is 11.6 Å². The van der Waals surface area contributed by atoms with Gasteiger partial charge in [-0.05, 0) is 39.5 Å². The molecule has 0 aromatic rings. The van der Waals surface area contributed by atoms with Crippen LogP contribution in [0.5, 0.6) is 0 Å². The lowest BCUT2D eigenvalue weighted by Crippen LogP contribution is -2.43. The number of halogens is 1. The molecule has 6 nitrogen and oxygen atoms in total. The van der Waals surface area contributed by atoms with Gasteiger partial charge in [0.05, 0.1) is 0 Å². The highest BCUT2D eigenvalue weighted by Crippen LogP contribution is 2.16. The summed E-state index contributed by atoms with van der Waals surface area (Å²) in [5.74, 6) is 0.275. The van der Waals surface area contributed by atoms with Gasteiger partial charge in [-0.25, -0.2) is 4.79 Å². The van der Waals surface area contributed by atoms with Gasteiger partial charge >= 0.3 is 6.09 Å². The fourth-order valence-electron chi connectivity index (χ4n) is 2.25. The van der Waals surface area contributed by atoms with E-state index >= 15 is 0 Å². The third kappa shape index (κ3) is 7.84. The molecule has 2 amide bonds. The van der Waals surface area contributed by atoms with Gasteiger partial charge in [-0.2, -0.15) is 0 Å². The Morgan fingerprint density at radius 1 is 1.32 bits per heavy atom. The predicted molar refractivity (Wildman–Crippen MR) is 85.1 cm³/mol. The monoisotopic (exact) mass is 334 g/mol. The van der Waals surface area contributed by atoms with E-state index < -0.39 is 11.7 Å². The largest absolute Gasteiger partial charge is 0.444 e. The average Bonchev–Trinajstić information content (AvgIpc) is 2.44. The molecule has 1 N–H and O–H groups in total. The minimum atomic E-state index is -0.530. The molecule has 1 fully saturated rings. The highest BCUT2D eigenvalue weighted by Gasteiger charge is 2.21. The number of carbonyl (C=O) groups excluding carboxylic acids is 2. The lowest BCUT2D eigenvalue weighted by Gasteiger charge is -2.29. The third-order valence-electron chi connectivity index (χ3n) is 3.34. The maximum Gasteiger partial charge on any atom is 0.407 e. The normalized spacial score (nSPS) is 16.2. The van der Waals surface area contributed by atoms with Crippen molar-refractivity contribution in [3.05, 3.63) is 0 Å². The molecule has 22 heavy (non-hydrogen) atoms. The number of rotatable bonds is 6. The van der Waals surface area contributed by atoms with Gasteiger partial charge in [-0.1, -0.05) is 0 Å². The van der Waals surface area contributed by atoms with Crippen molar-refractivity contribution in [1.82, 2.24) is 10.2 Å². The Balaban J connectivity index is 2.38. The molecule has 0 unspecified atom stereocenters. The number of alkyl halides is 1. The second-order valence-electron chi connectivity index (χ2n) is 6.46. The summed E-state index contributed by atoms with van der Waals surface area (Å²) < 4.78 is 10.5. The van der Waals surface area contributed by atoms with Gasteiger partial charge in [0.1, 0.15) is 11.5 Å². The third-order valence-corrected chi connectivity index (χ3v) is 3.57. The van der Waals surface area contributed by atoms with Crippen molar-refractivity contribution < 1.29 is 19.1 Å². The second-order valence-corrected chi connectivity index (χ2v) is 6.73. The summed E-state index contributed by atoms with van der Waals surface area (Å²) in [5.41, 5.74) is -0.530. The summed E-state index contributed by atoms with van der Waals surface area (Å²) >= 11 is 5.67. The molecule has 1 saturated heterocycles. The van der Waals surface area contributed by atoms with Gasteiger partial charge in [0, 0.05) is 32.8 Å². The predicted octanol–water partition coefficient (Wildman–Crippen LogP) is 2.01. The molecule has 0 atom stereocenters. The smallest absolute Gasteiger partial charge is 0.407 e. The van der Waals surface area contributed by atoms with Gasteiger partial charge in [0.15, 0.2) is 0 Å². The Morgan fingerprint density at radius 2 is 1.95 bits per heavy atom. The number of amides is 2. The van der Waals surface area contributed by atoms with Crippen LogP contribution in [0.2, 0.25) is 0 Å². The molecule has 0 aliphatic carbocycles. The van der Waals surface area contributed by atoms with Crippen LogP contribution in [0, 0.1) is 5.92 Å². The summed E-state index contributed by atoms with van der Waals surface area (Å²) in [4.78, 5) is 25.2. The van der Waals surface area contributed by atoms with Gasteiger partial charge in [0.25, 0.3) is 0 Å². The first-order valence-electron chi connectivity index (χ1n) is 7.70. The zero-order chi connectivity index (χ0) is 16.6. The molecule has 0 bridgehead atoms. The van der Waals surface area contributed by atoms with E-state index in [-0.39, 0.29) is 11.8 Å². The Bertz CT molecular complexity index is 365. The summed E-state index contributed by atoms with van der Waals surface area (Å²) in [6.45, 7) is 8.34. The SMILES string of the molecule is CC(C)(C)OC(=O)NCCN(CC1CCOCC1)C(=O)CCl. The maximum atomic E-state index is 11.9.